The molecule has 4 rings (SSSR count). The number of hydrogen-bond acceptors (Lipinski definition) is 0. The summed E-state index contributed by atoms with van der Waals surface area (Å²) >= 11 is 0. The maximum absolute atomic E-state index is 2.34. The van der Waals surface area contributed by atoms with Crippen LogP contribution in [0.5, 0.6) is 0 Å². The number of benzene rings is 3. The van der Waals surface area contributed by atoms with Crippen molar-refractivity contribution in [2.75, 3.05) is 0 Å². The monoisotopic (exact) mass is 326 g/mol. The van der Waals surface area contributed by atoms with E-state index in [2.05, 4.69) is 97.9 Å². The first-order chi connectivity index (χ1) is 11.9. The fourth-order valence-corrected chi connectivity index (χ4v) is 9.30. The van der Waals surface area contributed by atoms with Crippen molar-refractivity contribution < 1.29 is 0 Å². The molecular weight excluding hydrogens is 304 g/mol. The van der Waals surface area contributed by atoms with Crippen molar-refractivity contribution in [1.82, 2.24) is 0 Å². The van der Waals surface area contributed by atoms with E-state index in [1.54, 1.807) is 10.8 Å². The van der Waals surface area contributed by atoms with Crippen molar-refractivity contribution in [2.24, 2.45) is 0 Å². The quantitative estimate of drug-likeness (QED) is 0.494. The van der Waals surface area contributed by atoms with Crippen LogP contribution in [0, 0.1) is 0 Å². The second kappa shape index (κ2) is 6.25. The second-order valence-electron chi connectivity index (χ2n) is 6.46. The summed E-state index contributed by atoms with van der Waals surface area (Å²) in [4.78, 5) is 0. The van der Waals surface area contributed by atoms with Gasteiger partial charge in [0.1, 0.15) is 0 Å². The van der Waals surface area contributed by atoms with Crippen molar-refractivity contribution in [2.45, 2.75) is 19.8 Å². The molecule has 1 aliphatic carbocycles. The first-order valence-corrected chi connectivity index (χ1v) is 10.7. The predicted octanol–water partition coefficient (Wildman–Crippen LogP) is 3.81. The third kappa shape index (κ3) is 2.37. The van der Waals surface area contributed by atoms with Crippen molar-refractivity contribution in [3.8, 4) is 0 Å². The van der Waals surface area contributed by atoms with Crippen LogP contribution >= 0.6 is 0 Å². The molecule has 0 heterocycles. The Morgan fingerprint density at radius 1 is 0.625 bits per heavy atom. The minimum atomic E-state index is -2.09. The van der Waals surface area contributed by atoms with Gasteiger partial charge in [-0.1, -0.05) is 109 Å². The van der Waals surface area contributed by atoms with Gasteiger partial charge in [-0.3, -0.25) is 0 Å². The normalized spacial score (nSPS) is 13.9. The number of rotatable bonds is 5. The molecule has 0 spiro atoms. The maximum Gasteiger partial charge on any atom is 0.175 e. The van der Waals surface area contributed by atoms with Crippen molar-refractivity contribution in [3.05, 3.63) is 102 Å². The molecule has 1 heteroatoms. The highest BCUT2D eigenvalue weighted by molar-refractivity contribution is 7.16. The van der Waals surface area contributed by atoms with E-state index in [-0.39, 0.29) is 0 Å². The van der Waals surface area contributed by atoms with E-state index in [1.807, 2.05) is 0 Å². The lowest BCUT2D eigenvalue weighted by Crippen LogP contribution is -2.67. The average Bonchev–Trinajstić information content (AvgIpc) is 3.45. The lowest BCUT2D eigenvalue weighted by atomic mass is 10.3. The van der Waals surface area contributed by atoms with Gasteiger partial charge in [-0.2, -0.15) is 0 Å². The summed E-state index contributed by atoms with van der Waals surface area (Å²) in [6.45, 7) is 2.29. The summed E-state index contributed by atoms with van der Waals surface area (Å²) in [5.41, 5.74) is 1.67. The van der Waals surface area contributed by atoms with E-state index >= 15 is 0 Å². The molecule has 118 valence electrons. The molecule has 0 N–H and O–H groups in total. The summed E-state index contributed by atoms with van der Waals surface area (Å²) in [7, 11) is -2.09. The van der Waals surface area contributed by atoms with Crippen LogP contribution in [0.15, 0.2) is 102 Å². The molecule has 1 aliphatic rings. The first kappa shape index (κ1) is 15.2. The van der Waals surface area contributed by atoms with Crippen LogP contribution in [0.3, 0.4) is 0 Å². The molecule has 0 fully saturated rings. The van der Waals surface area contributed by atoms with E-state index in [0.717, 1.165) is 0 Å². The topological polar surface area (TPSA) is 0 Å². The molecule has 0 radical (unpaired) electrons. The third-order valence-electron chi connectivity index (χ3n) is 5.19. The van der Waals surface area contributed by atoms with Crippen molar-refractivity contribution in [3.63, 3.8) is 0 Å². The number of hydrogen-bond donors (Lipinski definition) is 0. The zero-order valence-corrected chi connectivity index (χ0v) is 15.1. The Morgan fingerprint density at radius 2 is 1.00 bits per heavy atom. The van der Waals surface area contributed by atoms with E-state index < -0.39 is 8.07 Å². The minimum Gasteiger partial charge on any atom is -0.0701 e. The smallest absolute Gasteiger partial charge is 0.0701 e. The lowest BCUT2D eigenvalue weighted by Gasteiger charge is -2.32. The molecule has 0 unspecified atom stereocenters. The fraction of sp³-hybridized carbons (Fsp3) is 0.130. The lowest BCUT2D eigenvalue weighted by molar-refractivity contribution is 1.15. The molecule has 0 saturated heterocycles. The Bertz CT molecular complexity index is 752. The highest BCUT2D eigenvalue weighted by Gasteiger charge is 2.48. The predicted molar refractivity (Wildman–Crippen MR) is 106 cm³/mol. The van der Waals surface area contributed by atoms with E-state index in [4.69, 9.17) is 0 Å². The highest BCUT2D eigenvalue weighted by Crippen LogP contribution is 2.40. The molecule has 3 aromatic rings. The Hall–Kier alpha value is -2.38. The molecule has 0 bridgehead atoms. The summed E-state index contributed by atoms with van der Waals surface area (Å²) in [5.74, 6) is 0. The molecule has 0 saturated carbocycles. The molecule has 24 heavy (non-hydrogen) atoms. The second-order valence-corrected chi connectivity index (χ2v) is 10.3. The van der Waals surface area contributed by atoms with Crippen LogP contribution in [-0.2, 0) is 0 Å². The van der Waals surface area contributed by atoms with Crippen LogP contribution in [0.25, 0.3) is 0 Å². The van der Waals surface area contributed by atoms with Crippen LogP contribution in [0.1, 0.15) is 19.8 Å². The Morgan fingerprint density at radius 3 is 1.29 bits per heavy atom. The van der Waals surface area contributed by atoms with E-state index in [0.29, 0.717) is 0 Å². The fourth-order valence-electron chi connectivity index (χ4n) is 3.99. The summed E-state index contributed by atoms with van der Waals surface area (Å²) in [6.07, 6.45) is 2.39. The summed E-state index contributed by atoms with van der Waals surface area (Å²) in [5, 5.41) is 6.22. The van der Waals surface area contributed by atoms with Gasteiger partial charge in [-0.05, 0) is 28.4 Å². The van der Waals surface area contributed by atoms with Gasteiger partial charge in [0.2, 0.25) is 0 Å². The molecule has 0 amide bonds. The van der Waals surface area contributed by atoms with Gasteiger partial charge in [-0.25, -0.2) is 0 Å². The molecule has 0 nitrogen and oxygen atoms in total. The zero-order valence-electron chi connectivity index (χ0n) is 14.1. The van der Waals surface area contributed by atoms with Crippen LogP contribution in [0.2, 0.25) is 0 Å². The van der Waals surface area contributed by atoms with Gasteiger partial charge >= 0.3 is 0 Å². The van der Waals surface area contributed by atoms with Crippen molar-refractivity contribution >= 4 is 23.6 Å². The Kier molecular flexibility index (Phi) is 3.95. The van der Waals surface area contributed by atoms with Gasteiger partial charge in [0, 0.05) is 0 Å². The van der Waals surface area contributed by atoms with Gasteiger partial charge < -0.3 is 0 Å². The standard InChI is InChI=1S/C23H22Si/c1-2-19-18-23(19)24(20-12-6-3-7-13-20,21-14-8-4-9-15-21)22-16-10-5-11-17-22/h3-17H,2,18H2,1H3. The highest BCUT2D eigenvalue weighted by atomic mass is 28.3. The van der Waals surface area contributed by atoms with E-state index in [1.165, 1.54) is 28.4 Å². The largest absolute Gasteiger partial charge is 0.175 e. The Labute approximate surface area is 145 Å². The van der Waals surface area contributed by atoms with Gasteiger partial charge in [0.25, 0.3) is 0 Å². The van der Waals surface area contributed by atoms with Gasteiger partial charge in [-0.15, -0.1) is 0 Å². The number of allylic oxidation sites excluding steroid dienone is 2. The van der Waals surface area contributed by atoms with Crippen LogP contribution in [-0.4, -0.2) is 8.07 Å². The van der Waals surface area contributed by atoms with Gasteiger partial charge in [0.15, 0.2) is 8.07 Å². The summed E-state index contributed by atoms with van der Waals surface area (Å²) < 4.78 is 0. The SMILES string of the molecule is CCC1=C([Si](c2ccccc2)(c2ccccc2)c2ccccc2)C1. The minimum absolute atomic E-state index is 1.18. The zero-order chi connectivity index (χ0) is 16.4. The van der Waals surface area contributed by atoms with E-state index in [9.17, 15) is 0 Å². The summed E-state index contributed by atoms with van der Waals surface area (Å²) in [6, 6.07) is 33.6. The van der Waals surface area contributed by atoms with Gasteiger partial charge in [0.05, 0.1) is 0 Å². The molecular formula is C23H22Si. The van der Waals surface area contributed by atoms with Crippen molar-refractivity contribution in [1.29, 1.82) is 0 Å². The molecule has 0 aromatic heterocycles. The third-order valence-corrected chi connectivity index (χ3v) is 10.2. The maximum atomic E-state index is 2.34. The average molecular weight is 327 g/mol. The first-order valence-electron chi connectivity index (χ1n) is 8.75. The Balaban J connectivity index is 2.06. The molecule has 3 aromatic carbocycles. The molecule has 0 atom stereocenters. The molecule has 0 aliphatic heterocycles. The van der Waals surface area contributed by atoms with Crippen LogP contribution in [0.4, 0.5) is 0 Å². The van der Waals surface area contributed by atoms with Crippen LogP contribution < -0.4 is 15.6 Å².